The maximum atomic E-state index is 15.2. The molecule has 0 radical (unpaired) electrons. The summed E-state index contributed by atoms with van der Waals surface area (Å²) >= 11 is 0. The Kier molecular flexibility index (Phi) is 7.90. The van der Waals surface area contributed by atoms with Crippen LogP contribution in [0.3, 0.4) is 0 Å². The van der Waals surface area contributed by atoms with Crippen LogP contribution in [-0.2, 0) is 4.74 Å². The van der Waals surface area contributed by atoms with Gasteiger partial charge >= 0.3 is 6.09 Å². The number of anilines is 2. The van der Waals surface area contributed by atoms with E-state index in [1.54, 1.807) is 55.4 Å². The van der Waals surface area contributed by atoms with Crippen LogP contribution in [0.25, 0.3) is 0 Å². The molecule has 1 fully saturated rings. The van der Waals surface area contributed by atoms with Gasteiger partial charge < -0.3 is 24.2 Å². The van der Waals surface area contributed by atoms with E-state index in [-0.39, 0.29) is 19.5 Å². The Hall–Kier alpha value is -4.07. The fraction of sp³-hybridized carbons (Fsp3) is 0.333. The van der Waals surface area contributed by atoms with Crippen molar-refractivity contribution in [2.75, 3.05) is 37.0 Å². The van der Waals surface area contributed by atoms with Crippen LogP contribution in [0, 0.1) is 5.82 Å². The Labute approximate surface area is 224 Å². The van der Waals surface area contributed by atoms with Crippen LogP contribution < -0.4 is 14.5 Å². The first-order valence-corrected chi connectivity index (χ1v) is 12.6. The number of rotatable bonds is 6. The molecule has 1 unspecified atom stereocenters. The SMILES string of the molecule is CN(C(=O)c1ccc(Oc2ccccc2)cc1)c1ccc(N2CCC(N(C)C(=O)OC(C)(C)C)C2)c(F)c1.[HH]. The zero-order valence-corrected chi connectivity index (χ0v) is 22.5. The molecule has 0 aliphatic carbocycles. The quantitative estimate of drug-likeness (QED) is 0.366. The van der Waals surface area contributed by atoms with Gasteiger partial charge in [-0.3, -0.25) is 4.79 Å². The molecule has 2 amide bonds. The van der Waals surface area contributed by atoms with Crippen LogP contribution in [0.15, 0.2) is 72.8 Å². The first-order chi connectivity index (χ1) is 18.0. The predicted octanol–water partition coefficient (Wildman–Crippen LogP) is 6.59. The topological polar surface area (TPSA) is 62.3 Å². The monoisotopic (exact) mass is 521 g/mol. The number of likely N-dealkylation sites (N-methyl/N-ethyl adjacent to an activating group) is 1. The van der Waals surface area contributed by atoms with E-state index in [1.807, 2.05) is 56.0 Å². The van der Waals surface area contributed by atoms with Gasteiger partial charge in [0.05, 0.1) is 11.7 Å². The van der Waals surface area contributed by atoms with Gasteiger partial charge in [-0.05, 0) is 81.8 Å². The van der Waals surface area contributed by atoms with Crippen LogP contribution in [0.1, 0.15) is 39.0 Å². The molecule has 4 rings (SSSR count). The second-order valence-corrected chi connectivity index (χ2v) is 10.4. The number of hydrogen-bond acceptors (Lipinski definition) is 5. The van der Waals surface area contributed by atoms with Crippen molar-refractivity contribution in [3.05, 3.63) is 84.2 Å². The molecule has 202 valence electrons. The number of para-hydroxylation sites is 1. The Morgan fingerprint density at radius 1 is 0.974 bits per heavy atom. The molecule has 1 saturated heterocycles. The van der Waals surface area contributed by atoms with E-state index in [2.05, 4.69) is 0 Å². The molecule has 1 atom stereocenters. The van der Waals surface area contributed by atoms with E-state index >= 15 is 4.39 Å². The van der Waals surface area contributed by atoms with Gasteiger partial charge in [-0.15, -0.1) is 0 Å². The Bertz CT molecular complexity index is 1280. The fourth-order valence-corrected chi connectivity index (χ4v) is 4.32. The molecule has 1 heterocycles. The van der Waals surface area contributed by atoms with Gasteiger partial charge in [0.1, 0.15) is 22.9 Å². The number of nitrogens with zero attached hydrogens (tertiary/aromatic N) is 3. The largest absolute Gasteiger partial charge is 0.457 e. The number of halogens is 1. The summed E-state index contributed by atoms with van der Waals surface area (Å²) in [6, 6.07) is 20.9. The third kappa shape index (κ3) is 6.43. The molecule has 3 aromatic carbocycles. The lowest BCUT2D eigenvalue weighted by Crippen LogP contribution is -2.42. The normalized spacial score (nSPS) is 15.2. The summed E-state index contributed by atoms with van der Waals surface area (Å²) in [5, 5.41) is 0. The fourth-order valence-electron chi connectivity index (χ4n) is 4.32. The minimum atomic E-state index is -0.576. The summed E-state index contributed by atoms with van der Waals surface area (Å²) in [5.74, 6) is 0.644. The van der Waals surface area contributed by atoms with Gasteiger partial charge in [-0.2, -0.15) is 0 Å². The van der Waals surface area contributed by atoms with E-state index in [9.17, 15) is 9.59 Å². The number of amides is 2. The second-order valence-electron chi connectivity index (χ2n) is 10.4. The molecule has 0 spiro atoms. The maximum Gasteiger partial charge on any atom is 0.410 e. The van der Waals surface area contributed by atoms with Crippen LogP contribution in [0.4, 0.5) is 20.6 Å². The highest BCUT2D eigenvalue weighted by molar-refractivity contribution is 6.05. The molecule has 0 bridgehead atoms. The summed E-state index contributed by atoms with van der Waals surface area (Å²) in [6.45, 7) is 6.59. The molecule has 38 heavy (non-hydrogen) atoms. The first-order valence-electron chi connectivity index (χ1n) is 12.6. The molecule has 0 saturated carbocycles. The average molecular weight is 522 g/mol. The van der Waals surface area contributed by atoms with Crippen LogP contribution >= 0.6 is 0 Å². The summed E-state index contributed by atoms with van der Waals surface area (Å²) in [7, 11) is 3.33. The lowest BCUT2D eigenvalue weighted by Gasteiger charge is -2.29. The third-order valence-electron chi connectivity index (χ3n) is 6.44. The standard InChI is InChI=1S/C30H34FN3O4.H2/c1-30(2,3)38-29(36)33(5)23-17-18-34(20-23)27-16-13-22(19-26(27)31)32(4)28(35)21-11-14-25(15-12-21)37-24-9-7-6-8-10-24;/h6-16,19,23H,17-18,20H2,1-5H3;1H. The van der Waals surface area contributed by atoms with Gasteiger partial charge in [-0.1, -0.05) is 18.2 Å². The van der Waals surface area contributed by atoms with Gasteiger partial charge in [0.2, 0.25) is 0 Å². The van der Waals surface area contributed by atoms with Crippen molar-refractivity contribution in [3.63, 3.8) is 0 Å². The highest BCUT2D eigenvalue weighted by atomic mass is 19.1. The third-order valence-corrected chi connectivity index (χ3v) is 6.44. The van der Waals surface area contributed by atoms with Crippen LogP contribution in [-0.4, -0.2) is 55.7 Å². The molecule has 3 aromatic rings. The summed E-state index contributed by atoms with van der Waals surface area (Å²) < 4.78 is 26.4. The molecule has 0 aromatic heterocycles. The lowest BCUT2D eigenvalue weighted by molar-refractivity contribution is 0.0237. The van der Waals surface area contributed by atoms with E-state index in [4.69, 9.17) is 9.47 Å². The molecule has 1 aliphatic heterocycles. The molecule has 0 N–H and O–H groups in total. The van der Waals surface area contributed by atoms with Crippen molar-refractivity contribution in [2.45, 2.75) is 38.8 Å². The van der Waals surface area contributed by atoms with Crippen molar-refractivity contribution in [1.29, 1.82) is 0 Å². The van der Waals surface area contributed by atoms with Gasteiger partial charge in [-0.25, -0.2) is 9.18 Å². The van der Waals surface area contributed by atoms with Crippen LogP contribution in [0.5, 0.6) is 11.5 Å². The van der Waals surface area contributed by atoms with Crippen molar-refractivity contribution in [2.24, 2.45) is 0 Å². The lowest BCUT2D eigenvalue weighted by atomic mass is 10.1. The maximum absolute atomic E-state index is 15.2. The van der Waals surface area contributed by atoms with Crippen molar-refractivity contribution < 1.29 is 24.9 Å². The van der Waals surface area contributed by atoms with Crippen LogP contribution in [0.2, 0.25) is 0 Å². The van der Waals surface area contributed by atoms with Gasteiger partial charge in [0, 0.05) is 39.9 Å². The van der Waals surface area contributed by atoms with Gasteiger partial charge in [0.25, 0.3) is 5.91 Å². The van der Waals surface area contributed by atoms with Crippen molar-refractivity contribution in [3.8, 4) is 11.5 Å². The van der Waals surface area contributed by atoms with Gasteiger partial charge in [0.15, 0.2) is 0 Å². The number of benzene rings is 3. The first kappa shape index (κ1) is 27.0. The average Bonchev–Trinajstić information content (AvgIpc) is 3.37. The molecule has 7 nitrogen and oxygen atoms in total. The minimum absolute atomic E-state index is 0. The van der Waals surface area contributed by atoms with E-state index in [0.717, 1.165) is 0 Å². The number of carbonyl (C=O) groups is 2. The zero-order chi connectivity index (χ0) is 27.4. The van der Waals surface area contributed by atoms with Crippen molar-refractivity contribution >= 4 is 23.4 Å². The summed E-state index contributed by atoms with van der Waals surface area (Å²) in [4.78, 5) is 30.4. The predicted molar refractivity (Wildman–Crippen MR) is 149 cm³/mol. The van der Waals surface area contributed by atoms with E-state index in [1.165, 1.54) is 11.0 Å². The summed E-state index contributed by atoms with van der Waals surface area (Å²) in [6.07, 6.45) is 0.319. The Balaban J connectivity index is 0.00000420. The number of hydrogen-bond donors (Lipinski definition) is 0. The van der Waals surface area contributed by atoms with E-state index < -0.39 is 11.4 Å². The molecular formula is C30H36FN3O4. The molecule has 1 aliphatic rings. The summed E-state index contributed by atoms with van der Waals surface area (Å²) in [5.41, 5.74) is 0.775. The zero-order valence-electron chi connectivity index (χ0n) is 22.5. The molecule has 8 heteroatoms. The molecular weight excluding hydrogens is 485 g/mol. The Morgan fingerprint density at radius 3 is 2.26 bits per heavy atom. The number of ether oxygens (including phenoxy) is 2. The van der Waals surface area contributed by atoms with E-state index in [0.29, 0.717) is 47.9 Å². The second kappa shape index (κ2) is 11.1. The smallest absolute Gasteiger partial charge is 0.410 e. The van der Waals surface area contributed by atoms with Crippen molar-refractivity contribution in [1.82, 2.24) is 4.90 Å². The highest BCUT2D eigenvalue weighted by Gasteiger charge is 2.32. The number of carbonyl (C=O) groups excluding carboxylic acids is 2. The Morgan fingerprint density at radius 2 is 1.63 bits per heavy atom. The minimum Gasteiger partial charge on any atom is -0.457 e. The highest BCUT2D eigenvalue weighted by Crippen LogP contribution is 2.30.